The lowest BCUT2D eigenvalue weighted by Gasteiger charge is -2.40. The summed E-state index contributed by atoms with van der Waals surface area (Å²) in [5.74, 6) is 0.690. The molecule has 5 nitrogen and oxygen atoms in total. The van der Waals surface area contributed by atoms with Gasteiger partial charge in [0.1, 0.15) is 5.82 Å². The molecule has 2 rings (SSSR count). The van der Waals surface area contributed by atoms with Crippen LogP contribution >= 0.6 is 0 Å². The largest absolute Gasteiger partial charge is 0.376 e. The Bertz CT molecular complexity index is 493. The highest BCUT2D eigenvalue weighted by Gasteiger charge is 2.37. The number of carbonyl (C=O) groups excluding carboxylic acids is 1. The molecule has 1 saturated carbocycles. The number of aryl methyl sites for hydroxylation is 1. The van der Waals surface area contributed by atoms with Gasteiger partial charge in [-0.15, -0.1) is 0 Å². The Morgan fingerprint density at radius 1 is 1.43 bits per heavy atom. The third-order valence-corrected chi connectivity index (χ3v) is 4.04. The molecule has 0 aromatic carbocycles. The SMILES string of the molecule is CCCNc1cc(C(=O)NCC2(OC)CCC2)cc(C)n1. The summed E-state index contributed by atoms with van der Waals surface area (Å²) in [6.45, 7) is 5.42. The summed E-state index contributed by atoms with van der Waals surface area (Å²) in [6.07, 6.45) is 4.22. The molecule has 0 atom stereocenters. The molecule has 0 spiro atoms. The molecule has 0 unspecified atom stereocenters. The zero-order chi connectivity index (χ0) is 15.3. The van der Waals surface area contributed by atoms with E-state index in [0.717, 1.165) is 37.3 Å². The Morgan fingerprint density at radius 3 is 2.76 bits per heavy atom. The maximum atomic E-state index is 12.3. The third-order valence-electron chi connectivity index (χ3n) is 4.04. The van der Waals surface area contributed by atoms with Crippen molar-refractivity contribution in [2.24, 2.45) is 0 Å². The first-order chi connectivity index (χ1) is 10.1. The van der Waals surface area contributed by atoms with Crippen LogP contribution in [0.1, 0.15) is 48.7 Å². The molecule has 0 aliphatic heterocycles. The summed E-state index contributed by atoms with van der Waals surface area (Å²) in [5.41, 5.74) is 1.33. The van der Waals surface area contributed by atoms with E-state index in [1.165, 1.54) is 6.42 Å². The fourth-order valence-corrected chi connectivity index (χ4v) is 2.51. The van der Waals surface area contributed by atoms with Crippen LogP contribution in [-0.4, -0.2) is 36.7 Å². The van der Waals surface area contributed by atoms with Crippen molar-refractivity contribution < 1.29 is 9.53 Å². The Hall–Kier alpha value is -1.62. The van der Waals surface area contributed by atoms with Crippen molar-refractivity contribution in [3.8, 4) is 0 Å². The number of carbonyl (C=O) groups is 1. The molecule has 1 fully saturated rings. The normalized spacial score (nSPS) is 16.1. The first kappa shape index (κ1) is 15.8. The van der Waals surface area contributed by atoms with E-state index in [1.807, 2.05) is 13.0 Å². The lowest BCUT2D eigenvalue weighted by atomic mass is 9.80. The molecule has 2 N–H and O–H groups in total. The van der Waals surface area contributed by atoms with Crippen LogP contribution in [0.15, 0.2) is 12.1 Å². The molecule has 21 heavy (non-hydrogen) atoms. The van der Waals surface area contributed by atoms with Crippen molar-refractivity contribution in [2.45, 2.75) is 45.1 Å². The predicted molar refractivity (Wildman–Crippen MR) is 83.7 cm³/mol. The van der Waals surface area contributed by atoms with Crippen molar-refractivity contribution in [3.05, 3.63) is 23.4 Å². The van der Waals surface area contributed by atoms with Gasteiger partial charge in [-0.1, -0.05) is 6.92 Å². The van der Waals surface area contributed by atoms with Gasteiger partial charge in [-0.2, -0.15) is 0 Å². The van der Waals surface area contributed by atoms with E-state index in [9.17, 15) is 4.79 Å². The van der Waals surface area contributed by atoms with Crippen LogP contribution < -0.4 is 10.6 Å². The van der Waals surface area contributed by atoms with E-state index in [0.29, 0.717) is 12.1 Å². The second-order valence-electron chi connectivity index (χ2n) is 5.73. The summed E-state index contributed by atoms with van der Waals surface area (Å²) in [7, 11) is 1.72. The lowest BCUT2D eigenvalue weighted by Crippen LogP contribution is -2.49. The number of anilines is 1. The maximum absolute atomic E-state index is 12.3. The standard InChI is InChI=1S/C16H25N3O2/c1-4-8-17-14-10-13(9-12(2)19-14)15(20)18-11-16(21-3)6-5-7-16/h9-10H,4-8,11H2,1-3H3,(H,17,19)(H,18,20). The molecule has 5 heteroatoms. The fourth-order valence-electron chi connectivity index (χ4n) is 2.51. The molecule has 0 radical (unpaired) electrons. The highest BCUT2D eigenvalue weighted by molar-refractivity contribution is 5.95. The maximum Gasteiger partial charge on any atom is 0.251 e. The minimum atomic E-state index is -0.152. The molecule has 1 aromatic heterocycles. The van der Waals surface area contributed by atoms with E-state index in [2.05, 4.69) is 22.5 Å². The van der Waals surface area contributed by atoms with Crippen LogP contribution in [0, 0.1) is 6.92 Å². The number of aromatic nitrogens is 1. The Balaban J connectivity index is 1.99. The van der Waals surface area contributed by atoms with Gasteiger partial charge in [0.25, 0.3) is 5.91 Å². The summed E-state index contributed by atoms with van der Waals surface area (Å²) < 4.78 is 5.52. The van der Waals surface area contributed by atoms with Crippen LogP contribution in [0.2, 0.25) is 0 Å². The van der Waals surface area contributed by atoms with Gasteiger partial charge in [-0.05, 0) is 44.7 Å². The molecule has 0 bridgehead atoms. The molecular formula is C16H25N3O2. The number of ether oxygens (including phenoxy) is 1. The molecular weight excluding hydrogens is 266 g/mol. The third kappa shape index (κ3) is 3.94. The molecule has 0 saturated heterocycles. The first-order valence-corrected chi connectivity index (χ1v) is 7.64. The molecule has 1 amide bonds. The van der Waals surface area contributed by atoms with Crippen molar-refractivity contribution in [1.82, 2.24) is 10.3 Å². The van der Waals surface area contributed by atoms with E-state index in [-0.39, 0.29) is 11.5 Å². The second kappa shape index (κ2) is 6.89. The quantitative estimate of drug-likeness (QED) is 0.810. The number of nitrogens with zero attached hydrogens (tertiary/aromatic N) is 1. The highest BCUT2D eigenvalue weighted by Crippen LogP contribution is 2.34. The smallest absolute Gasteiger partial charge is 0.251 e. The zero-order valence-corrected chi connectivity index (χ0v) is 13.2. The fraction of sp³-hybridized carbons (Fsp3) is 0.625. The van der Waals surface area contributed by atoms with Gasteiger partial charge in [-0.25, -0.2) is 4.98 Å². The van der Waals surface area contributed by atoms with Crippen molar-refractivity contribution >= 4 is 11.7 Å². The monoisotopic (exact) mass is 291 g/mol. The van der Waals surface area contributed by atoms with E-state index >= 15 is 0 Å². The van der Waals surface area contributed by atoms with Crippen LogP contribution in [-0.2, 0) is 4.74 Å². The van der Waals surface area contributed by atoms with E-state index < -0.39 is 0 Å². The van der Waals surface area contributed by atoms with E-state index in [4.69, 9.17) is 4.74 Å². The number of hydrogen-bond donors (Lipinski definition) is 2. The highest BCUT2D eigenvalue weighted by atomic mass is 16.5. The number of nitrogens with one attached hydrogen (secondary N) is 2. The van der Waals surface area contributed by atoms with Crippen molar-refractivity contribution in [1.29, 1.82) is 0 Å². The topological polar surface area (TPSA) is 63.2 Å². The molecule has 1 aliphatic carbocycles. The number of amides is 1. The van der Waals surface area contributed by atoms with Gasteiger partial charge in [-0.3, -0.25) is 4.79 Å². The molecule has 116 valence electrons. The van der Waals surface area contributed by atoms with Crippen LogP contribution in [0.25, 0.3) is 0 Å². The molecule has 1 heterocycles. The summed E-state index contributed by atoms with van der Waals surface area (Å²) in [6, 6.07) is 3.62. The minimum absolute atomic E-state index is 0.0663. The van der Waals surface area contributed by atoms with Crippen LogP contribution in [0.4, 0.5) is 5.82 Å². The summed E-state index contributed by atoms with van der Waals surface area (Å²) >= 11 is 0. The predicted octanol–water partition coefficient (Wildman–Crippen LogP) is 2.51. The summed E-state index contributed by atoms with van der Waals surface area (Å²) in [5, 5.41) is 6.20. The van der Waals surface area contributed by atoms with Gasteiger partial charge < -0.3 is 15.4 Å². The van der Waals surface area contributed by atoms with Gasteiger partial charge in [0.2, 0.25) is 0 Å². The Kier molecular flexibility index (Phi) is 5.17. The Labute approximate surface area is 126 Å². The average Bonchev–Trinajstić information content (AvgIpc) is 2.43. The van der Waals surface area contributed by atoms with Crippen molar-refractivity contribution in [3.63, 3.8) is 0 Å². The van der Waals surface area contributed by atoms with Crippen LogP contribution in [0.3, 0.4) is 0 Å². The number of pyridine rings is 1. The molecule has 1 aromatic rings. The lowest BCUT2D eigenvalue weighted by molar-refractivity contribution is -0.0679. The van der Waals surface area contributed by atoms with Crippen molar-refractivity contribution in [2.75, 3.05) is 25.5 Å². The number of methoxy groups -OCH3 is 1. The zero-order valence-electron chi connectivity index (χ0n) is 13.2. The van der Waals surface area contributed by atoms with E-state index in [1.54, 1.807) is 13.2 Å². The van der Waals surface area contributed by atoms with Crippen LogP contribution in [0.5, 0.6) is 0 Å². The molecule has 1 aliphatic rings. The first-order valence-electron chi connectivity index (χ1n) is 7.64. The average molecular weight is 291 g/mol. The van der Waals surface area contributed by atoms with Gasteiger partial charge in [0, 0.05) is 31.5 Å². The van der Waals surface area contributed by atoms with Gasteiger partial charge in [0.15, 0.2) is 0 Å². The number of hydrogen-bond acceptors (Lipinski definition) is 4. The van der Waals surface area contributed by atoms with Gasteiger partial charge >= 0.3 is 0 Å². The minimum Gasteiger partial charge on any atom is -0.376 e. The Morgan fingerprint density at radius 2 is 2.19 bits per heavy atom. The summed E-state index contributed by atoms with van der Waals surface area (Å²) in [4.78, 5) is 16.7. The number of rotatable bonds is 7. The second-order valence-corrected chi connectivity index (χ2v) is 5.73. The van der Waals surface area contributed by atoms with Gasteiger partial charge in [0.05, 0.1) is 5.60 Å².